The molecular weight excluding hydrogens is 260 g/mol. The highest BCUT2D eigenvalue weighted by molar-refractivity contribution is 6.36. The van der Waals surface area contributed by atoms with Crippen molar-refractivity contribution in [3.05, 3.63) is 0 Å². The van der Waals surface area contributed by atoms with Crippen molar-refractivity contribution in [1.82, 2.24) is 5.32 Å². The molecule has 0 aliphatic rings. The van der Waals surface area contributed by atoms with Gasteiger partial charge in [0.05, 0.1) is 0 Å². The third kappa shape index (κ3) is 18.0. The Labute approximate surface area is 121 Å². The number of hydrogen-bond acceptors (Lipinski definition) is 5. The number of unbranched alkanes of at least 4 members (excludes halogenated alkanes) is 1. The maximum Gasteiger partial charge on any atom is 0.484 e. The number of hydrogen-bond donors (Lipinski definition) is 2. The van der Waals surface area contributed by atoms with Crippen molar-refractivity contribution >= 4 is 9.53 Å². The fraction of sp³-hybridized carbons (Fsp3) is 1.00. The summed E-state index contributed by atoms with van der Waals surface area (Å²) in [6, 6.07) is 0.356. The molecule has 0 saturated heterocycles. The molecule has 1 atom stereocenters. The van der Waals surface area contributed by atoms with Crippen molar-refractivity contribution in [2.75, 3.05) is 33.4 Å². The Kier molecular flexibility index (Phi) is 20.2. The summed E-state index contributed by atoms with van der Waals surface area (Å²) in [5, 5.41) is 3.05. The molecule has 5 nitrogen and oxygen atoms in total. The SMILES string of the molecule is CCCCC(N)CNC.CCO[SiH](OCC)OCC. The van der Waals surface area contributed by atoms with E-state index >= 15 is 0 Å². The van der Waals surface area contributed by atoms with Gasteiger partial charge in [-0.2, -0.15) is 0 Å². The van der Waals surface area contributed by atoms with Crippen molar-refractivity contribution in [1.29, 1.82) is 0 Å². The van der Waals surface area contributed by atoms with Gasteiger partial charge in [0, 0.05) is 32.4 Å². The third-order valence-electron chi connectivity index (χ3n) is 2.30. The molecule has 0 radical (unpaired) electrons. The van der Waals surface area contributed by atoms with Gasteiger partial charge < -0.3 is 24.3 Å². The molecule has 3 N–H and O–H groups in total. The molecule has 0 spiro atoms. The largest absolute Gasteiger partial charge is 0.484 e. The van der Waals surface area contributed by atoms with Gasteiger partial charge in [-0.05, 0) is 34.2 Å². The lowest BCUT2D eigenvalue weighted by Gasteiger charge is -2.12. The van der Waals surface area contributed by atoms with Gasteiger partial charge in [0.25, 0.3) is 0 Å². The Morgan fingerprint density at radius 2 is 1.47 bits per heavy atom. The van der Waals surface area contributed by atoms with Gasteiger partial charge in [0.15, 0.2) is 0 Å². The lowest BCUT2D eigenvalue weighted by atomic mass is 10.1. The minimum absolute atomic E-state index is 0.356. The molecule has 1 unspecified atom stereocenters. The van der Waals surface area contributed by atoms with Crippen LogP contribution in [0.3, 0.4) is 0 Å². The van der Waals surface area contributed by atoms with E-state index in [2.05, 4.69) is 12.2 Å². The highest BCUT2D eigenvalue weighted by atomic mass is 28.3. The summed E-state index contributed by atoms with van der Waals surface area (Å²) in [6.07, 6.45) is 3.65. The lowest BCUT2D eigenvalue weighted by molar-refractivity contribution is 0.107. The lowest BCUT2D eigenvalue weighted by Crippen LogP contribution is -2.31. The van der Waals surface area contributed by atoms with Crippen LogP contribution in [0, 0.1) is 0 Å². The van der Waals surface area contributed by atoms with Crippen molar-refractivity contribution in [3.63, 3.8) is 0 Å². The summed E-state index contributed by atoms with van der Waals surface area (Å²) < 4.78 is 15.7. The van der Waals surface area contributed by atoms with Crippen molar-refractivity contribution < 1.29 is 13.3 Å². The van der Waals surface area contributed by atoms with E-state index in [4.69, 9.17) is 19.0 Å². The van der Waals surface area contributed by atoms with Crippen molar-refractivity contribution in [2.45, 2.75) is 53.0 Å². The molecule has 19 heavy (non-hydrogen) atoms. The van der Waals surface area contributed by atoms with Gasteiger partial charge in [0.2, 0.25) is 0 Å². The summed E-state index contributed by atoms with van der Waals surface area (Å²) >= 11 is 0. The molecule has 0 aliphatic carbocycles. The Morgan fingerprint density at radius 1 is 1.00 bits per heavy atom. The summed E-state index contributed by atoms with van der Waals surface area (Å²) in [7, 11) is 0.203. The van der Waals surface area contributed by atoms with Crippen LogP contribution in [-0.4, -0.2) is 49.0 Å². The van der Waals surface area contributed by atoms with E-state index in [-0.39, 0.29) is 0 Å². The molecule has 0 saturated carbocycles. The monoisotopic (exact) mass is 294 g/mol. The van der Waals surface area contributed by atoms with Crippen LogP contribution in [0.1, 0.15) is 47.0 Å². The summed E-state index contributed by atoms with van der Waals surface area (Å²) in [4.78, 5) is 0. The van der Waals surface area contributed by atoms with Gasteiger partial charge >= 0.3 is 9.53 Å². The van der Waals surface area contributed by atoms with Gasteiger partial charge in [-0.25, -0.2) is 0 Å². The molecule has 0 bridgehead atoms. The fourth-order valence-corrected chi connectivity index (χ4v) is 2.49. The molecular formula is C13H34N2O3Si. The van der Waals surface area contributed by atoms with Crippen LogP contribution in [0.25, 0.3) is 0 Å². The third-order valence-corrected chi connectivity index (χ3v) is 4.12. The van der Waals surface area contributed by atoms with Gasteiger partial charge in [-0.15, -0.1) is 0 Å². The van der Waals surface area contributed by atoms with E-state index in [1.54, 1.807) is 0 Å². The first-order valence-corrected chi connectivity index (χ1v) is 8.82. The zero-order valence-electron chi connectivity index (χ0n) is 13.4. The first-order valence-electron chi connectivity index (χ1n) is 7.40. The molecule has 0 aromatic rings. The van der Waals surface area contributed by atoms with Crippen LogP contribution in [0.5, 0.6) is 0 Å². The molecule has 0 aromatic heterocycles. The Hall–Kier alpha value is 0.0169. The molecule has 0 amide bonds. The number of nitrogens with one attached hydrogen (secondary N) is 1. The molecule has 6 heteroatoms. The second-order valence-electron chi connectivity index (χ2n) is 4.11. The summed E-state index contributed by atoms with van der Waals surface area (Å²) in [5.41, 5.74) is 5.71. The smallest absolute Gasteiger partial charge is 0.376 e. The predicted molar refractivity (Wildman–Crippen MR) is 83.5 cm³/mol. The predicted octanol–water partition coefficient (Wildman–Crippen LogP) is 1.54. The molecule has 0 aromatic carbocycles. The fourth-order valence-electron chi connectivity index (χ4n) is 1.38. The standard InChI is InChI=1S/C7H18N2.C6H16O3Si/c1-3-4-5-7(8)6-9-2;1-4-7-10(8-5-2)9-6-3/h7,9H,3-6,8H2,1-2H3;10H,4-6H2,1-3H3. The topological polar surface area (TPSA) is 65.7 Å². The number of likely N-dealkylation sites (N-methyl/N-ethyl adjacent to an activating group) is 1. The van der Waals surface area contributed by atoms with Crippen LogP contribution >= 0.6 is 0 Å². The molecule has 0 aliphatic heterocycles. The van der Waals surface area contributed by atoms with E-state index < -0.39 is 9.53 Å². The second kappa shape index (κ2) is 18.0. The van der Waals surface area contributed by atoms with E-state index in [0.717, 1.165) is 13.0 Å². The average molecular weight is 295 g/mol. The molecule has 0 rings (SSSR count). The minimum atomic E-state index is -1.73. The number of rotatable bonds is 11. The second-order valence-corrected chi connectivity index (χ2v) is 5.69. The Balaban J connectivity index is 0. The maximum absolute atomic E-state index is 5.71. The van der Waals surface area contributed by atoms with Crippen molar-refractivity contribution in [3.8, 4) is 0 Å². The van der Waals surface area contributed by atoms with Crippen LogP contribution in [-0.2, 0) is 13.3 Å². The van der Waals surface area contributed by atoms with E-state index in [9.17, 15) is 0 Å². The van der Waals surface area contributed by atoms with Crippen LogP contribution in [0.4, 0.5) is 0 Å². The van der Waals surface area contributed by atoms with E-state index in [1.165, 1.54) is 12.8 Å². The van der Waals surface area contributed by atoms with Crippen molar-refractivity contribution in [2.24, 2.45) is 5.73 Å². The van der Waals surface area contributed by atoms with E-state index in [1.807, 2.05) is 27.8 Å². The number of nitrogens with two attached hydrogens (primary N) is 1. The molecule has 0 fully saturated rings. The molecule has 118 valence electrons. The Bertz CT molecular complexity index is 151. The zero-order valence-corrected chi connectivity index (χ0v) is 14.6. The van der Waals surface area contributed by atoms with Gasteiger partial charge in [0.1, 0.15) is 0 Å². The first kappa shape index (κ1) is 21.3. The average Bonchev–Trinajstić information content (AvgIpc) is 2.38. The minimum Gasteiger partial charge on any atom is -0.376 e. The van der Waals surface area contributed by atoms with Gasteiger partial charge in [-0.1, -0.05) is 19.8 Å². The maximum atomic E-state index is 5.71. The highest BCUT2D eigenvalue weighted by Crippen LogP contribution is 1.96. The summed E-state index contributed by atoms with van der Waals surface area (Å²) in [5.74, 6) is 0. The van der Waals surface area contributed by atoms with E-state index in [0.29, 0.717) is 25.9 Å². The molecule has 0 heterocycles. The Morgan fingerprint density at radius 3 is 1.79 bits per heavy atom. The highest BCUT2D eigenvalue weighted by Gasteiger charge is 2.11. The first-order chi connectivity index (χ1) is 9.15. The quantitative estimate of drug-likeness (QED) is 0.566. The van der Waals surface area contributed by atoms with Gasteiger partial charge in [-0.3, -0.25) is 0 Å². The normalized spacial score (nSPS) is 12.2. The van der Waals surface area contributed by atoms with Crippen LogP contribution in [0.15, 0.2) is 0 Å². The summed E-state index contributed by atoms with van der Waals surface area (Å²) in [6.45, 7) is 11.0. The zero-order chi connectivity index (χ0) is 14.9. The van der Waals surface area contributed by atoms with Crippen LogP contribution < -0.4 is 11.1 Å². The van der Waals surface area contributed by atoms with Crippen LogP contribution in [0.2, 0.25) is 0 Å².